The van der Waals surface area contributed by atoms with Gasteiger partial charge in [-0.2, -0.15) is 0 Å². The van der Waals surface area contributed by atoms with Crippen LogP contribution in [0.1, 0.15) is 157 Å². The molecular formula is C77H84BrN3. The second-order valence-electron chi connectivity index (χ2n) is 28.2. The van der Waals surface area contributed by atoms with Crippen molar-refractivity contribution in [1.29, 1.82) is 0 Å². The van der Waals surface area contributed by atoms with Gasteiger partial charge >= 0.3 is 0 Å². The fourth-order valence-corrected chi connectivity index (χ4v) is 12.2. The van der Waals surface area contributed by atoms with E-state index in [1.807, 2.05) is 0 Å². The Labute approximate surface area is 494 Å². The van der Waals surface area contributed by atoms with Crippen molar-refractivity contribution in [3.05, 3.63) is 244 Å². The first-order valence-electron chi connectivity index (χ1n) is 29.1. The zero-order valence-corrected chi connectivity index (χ0v) is 52.9. The smallest absolute Gasteiger partial charge is 0.0657 e. The molecule has 0 heterocycles. The van der Waals surface area contributed by atoms with Gasteiger partial charge in [-0.25, -0.2) is 0 Å². The second kappa shape index (κ2) is 21.0. The molecule has 1 aliphatic rings. The van der Waals surface area contributed by atoms with Crippen LogP contribution in [0.2, 0.25) is 0 Å². The first kappa shape index (κ1) is 57.1. The van der Waals surface area contributed by atoms with Crippen molar-refractivity contribution < 1.29 is 0 Å². The molecule has 1 aliphatic carbocycles. The molecule has 10 rings (SSSR count). The number of halogens is 1. The highest BCUT2D eigenvalue weighted by atomic mass is 79.9. The van der Waals surface area contributed by atoms with Crippen molar-refractivity contribution in [3.63, 3.8) is 0 Å². The van der Waals surface area contributed by atoms with Crippen LogP contribution < -0.4 is 14.7 Å². The van der Waals surface area contributed by atoms with Crippen LogP contribution in [-0.4, -0.2) is 0 Å². The second-order valence-corrected chi connectivity index (χ2v) is 29.0. The minimum atomic E-state index is -0.222. The van der Waals surface area contributed by atoms with Gasteiger partial charge in [0.1, 0.15) is 0 Å². The summed E-state index contributed by atoms with van der Waals surface area (Å²) >= 11 is 4.48. The molecule has 0 atom stereocenters. The van der Waals surface area contributed by atoms with Gasteiger partial charge in [-0.05, 0) is 190 Å². The Hall–Kier alpha value is -7.14. The molecule has 0 bridgehead atoms. The third-order valence-corrected chi connectivity index (χ3v) is 17.5. The summed E-state index contributed by atoms with van der Waals surface area (Å²) in [5.41, 5.74) is 23.2. The maximum Gasteiger partial charge on any atom is 0.0657 e. The van der Waals surface area contributed by atoms with E-state index < -0.39 is 0 Å². The van der Waals surface area contributed by atoms with Crippen LogP contribution >= 0.6 is 15.9 Å². The minimum Gasteiger partial charge on any atom is -0.310 e. The minimum absolute atomic E-state index is 0.00288. The topological polar surface area (TPSA) is 9.72 Å². The Bertz CT molecular complexity index is 3680. The molecule has 0 fully saturated rings. The quantitative estimate of drug-likeness (QED) is 0.135. The van der Waals surface area contributed by atoms with E-state index in [2.05, 4.69) is 349 Å². The summed E-state index contributed by atoms with van der Waals surface area (Å²) in [5.74, 6) is 0. The first-order chi connectivity index (χ1) is 38.0. The van der Waals surface area contributed by atoms with Crippen LogP contribution in [0.3, 0.4) is 0 Å². The fourth-order valence-electron chi connectivity index (χ4n) is 11.6. The van der Waals surface area contributed by atoms with E-state index in [9.17, 15) is 0 Å². The Morgan fingerprint density at radius 1 is 0.284 bits per heavy atom. The van der Waals surface area contributed by atoms with Crippen LogP contribution in [0.5, 0.6) is 0 Å². The number of fused-ring (bicyclic) bond motifs is 3. The Kier molecular flexibility index (Phi) is 14.8. The zero-order valence-electron chi connectivity index (χ0n) is 51.3. The molecule has 0 spiro atoms. The highest BCUT2D eigenvalue weighted by molar-refractivity contribution is 9.10. The maximum absolute atomic E-state index is 4.48. The molecule has 81 heavy (non-hydrogen) atoms. The zero-order chi connectivity index (χ0) is 58.2. The molecule has 4 heteroatoms. The number of hydrogen-bond acceptors (Lipinski definition) is 3. The first-order valence-corrected chi connectivity index (χ1v) is 29.9. The molecule has 9 aromatic rings. The predicted molar refractivity (Wildman–Crippen MR) is 355 cm³/mol. The van der Waals surface area contributed by atoms with Gasteiger partial charge in [-0.1, -0.05) is 227 Å². The van der Waals surface area contributed by atoms with Crippen LogP contribution in [0.4, 0.5) is 51.2 Å². The standard InChI is InChI=1S/C77H84BrN3/c1-72(2,3)52-30-37-57(38-31-52)79(58-39-32-53(33-40-58)73(4,5)6)69-47-56(76(13,14)15)48-70(71(69)78)81(62-43-44-64-63-28-21-22-29-66(63)77(16,17)67(64)50-62)61-27-23-26-60(49-61)80(59-41-34-54(35-42-59)74(7,8)9)68-45-36-55(75(10,11)12)46-65(68)51-24-19-18-20-25-51/h18-50H,1-17H3. The SMILES string of the molecule is CC(C)(C)c1ccc(N(c2cccc(N(c3ccc4c(c3)C(C)(C)c3ccccc3-4)c3cc(C(C)(C)C)cc(N(c4ccc(C(C)(C)C)cc4)c4ccc(C(C)(C)C)cc4)c3Br)c2)c2ccc(C(C)(C)C)cc2-c2ccccc2)cc1. The van der Waals surface area contributed by atoms with Crippen molar-refractivity contribution in [1.82, 2.24) is 0 Å². The van der Waals surface area contributed by atoms with E-state index in [4.69, 9.17) is 0 Å². The average molecular weight is 1130 g/mol. The van der Waals surface area contributed by atoms with Gasteiger partial charge in [0.15, 0.2) is 0 Å². The van der Waals surface area contributed by atoms with Crippen molar-refractivity contribution in [3.8, 4) is 22.3 Å². The predicted octanol–water partition coefficient (Wildman–Crippen LogP) is 23.3. The number of anilines is 9. The number of hydrogen-bond donors (Lipinski definition) is 0. The van der Waals surface area contributed by atoms with E-state index in [-0.39, 0.29) is 32.5 Å². The van der Waals surface area contributed by atoms with E-state index in [0.29, 0.717) is 0 Å². The van der Waals surface area contributed by atoms with E-state index in [1.54, 1.807) is 0 Å². The summed E-state index contributed by atoms with van der Waals surface area (Å²) in [6.45, 7) is 39.3. The van der Waals surface area contributed by atoms with Gasteiger partial charge in [0, 0.05) is 45.1 Å². The lowest BCUT2D eigenvalue weighted by atomic mass is 9.82. The van der Waals surface area contributed by atoms with Crippen molar-refractivity contribution in [2.45, 2.75) is 150 Å². The number of nitrogens with zero attached hydrogens (tertiary/aromatic N) is 3. The largest absolute Gasteiger partial charge is 0.310 e. The summed E-state index contributed by atoms with van der Waals surface area (Å²) in [5, 5.41) is 0. The van der Waals surface area contributed by atoms with Crippen LogP contribution in [0.25, 0.3) is 22.3 Å². The summed E-state index contributed by atoms with van der Waals surface area (Å²) in [6, 6.07) is 75.9. The lowest BCUT2D eigenvalue weighted by Gasteiger charge is -2.35. The molecule has 9 aromatic carbocycles. The molecule has 0 N–H and O–H groups in total. The van der Waals surface area contributed by atoms with E-state index >= 15 is 0 Å². The van der Waals surface area contributed by atoms with Crippen molar-refractivity contribution in [2.75, 3.05) is 14.7 Å². The van der Waals surface area contributed by atoms with Gasteiger partial charge in [-0.3, -0.25) is 0 Å². The molecule has 414 valence electrons. The van der Waals surface area contributed by atoms with Gasteiger partial charge in [-0.15, -0.1) is 0 Å². The van der Waals surface area contributed by atoms with Crippen molar-refractivity contribution in [2.24, 2.45) is 0 Å². The Balaban J connectivity index is 1.26. The summed E-state index contributed by atoms with van der Waals surface area (Å²) in [7, 11) is 0. The highest BCUT2D eigenvalue weighted by Crippen LogP contribution is 2.54. The molecular weight excluding hydrogens is 1050 g/mol. The normalized spacial score (nSPS) is 13.4. The lowest BCUT2D eigenvalue weighted by Crippen LogP contribution is -2.20. The summed E-state index contributed by atoms with van der Waals surface area (Å²) in [4.78, 5) is 7.44. The molecule has 0 amide bonds. The highest BCUT2D eigenvalue weighted by Gasteiger charge is 2.37. The number of rotatable bonds is 10. The molecule has 0 radical (unpaired) electrons. The molecule has 0 aliphatic heterocycles. The average Bonchev–Trinajstić information content (AvgIpc) is 3.24. The van der Waals surface area contributed by atoms with Crippen LogP contribution in [-0.2, 0) is 32.5 Å². The third kappa shape index (κ3) is 11.3. The van der Waals surface area contributed by atoms with Gasteiger partial charge in [0.05, 0.1) is 21.5 Å². The number of benzene rings is 9. The lowest BCUT2D eigenvalue weighted by molar-refractivity contribution is 0.589. The third-order valence-electron chi connectivity index (χ3n) is 16.7. The molecule has 0 unspecified atom stereocenters. The van der Waals surface area contributed by atoms with Crippen LogP contribution in [0.15, 0.2) is 205 Å². The summed E-state index contributed by atoms with van der Waals surface area (Å²) < 4.78 is 0.988. The summed E-state index contributed by atoms with van der Waals surface area (Å²) in [6.07, 6.45) is 0. The molecule has 0 saturated heterocycles. The Morgan fingerprint density at radius 2 is 0.667 bits per heavy atom. The van der Waals surface area contributed by atoms with Gasteiger partial charge in [0.2, 0.25) is 0 Å². The molecule has 0 aromatic heterocycles. The molecule has 3 nitrogen and oxygen atoms in total. The fraction of sp³-hybridized carbons (Fsp3) is 0.299. The van der Waals surface area contributed by atoms with Gasteiger partial charge in [0.25, 0.3) is 0 Å². The Morgan fingerprint density at radius 3 is 1.14 bits per heavy atom. The van der Waals surface area contributed by atoms with Gasteiger partial charge < -0.3 is 14.7 Å². The van der Waals surface area contributed by atoms with Crippen molar-refractivity contribution >= 4 is 67.1 Å². The van der Waals surface area contributed by atoms with E-state index in [1.165, 1.54) is 61.2 Å². The van der Waals surface area contributed by atoms with E-state index in [0.717, 1.165) is 55.7 Å². The monoisotopic (exact) mass is 1130 g/mol. The van der Waals surface area contributed by atoms with Crippen LogP contribution in [0, 0.1) is 0 Å². The molecule has 0 saturated carbocycles. The maximum atomic E-state index is 4.48.